The van der Waals surface area contributed by atoms with Crippen LogP contribution in [0.1, 0.15) is 11.4 Å². The molecule has 5 rings (SSSR count). The maximum Gasteiger partial charge on any atom is 0.0883 e. The molecule has 0 atom stereocenters. The van der Waals surface area contributed by atoms with E-state index in [1.807, 2.05) is 66.7 Å². The van der Waals surface area contributed by atoms with Crippen LogP contribution in [0.4, 0.5) is 0 Å². The minimum absolute atomic E-state index is 0.129. The predicted molar refractivity (Wildman–Crippen MR) is 126 cm³/mol. The number of hydrogen-bond donors (Lipinski definition) is 2. The molecule has 0 aliphatic heterocycles. The van der Waals surface area contributed by atoms with Crippen molar-refractivity contribution < 1.29 is 0 Å². The fourth-order valence-electron chi connectivity index (χ4n) is 3.54. The normalized spacial score (nSPS) is 13.5. The van der Waals surface area contributed by atoms with Crippen LogP contribution in [0.25, 0.3) is 33.7 Å². The van der Waals surface area contributed by atoms with Gasteiger partial charge in [-0.25, -0.2) is 9.97 Å². The van der Waals surface area contributed by atoms with E-state index in [-0.39, 0.29) is 11.4 Å². The van der Waals surface area contributed by atoms with Crippen molar-refractivity contribution in [2.75, 3.05) is 0 Å². The maximum atomic E-state index is 8.48. The summed E-state index contributed by atoms with van der Waals surface area (Å²) in [4.78, 5) is 17.7. The van der Waals surface area contributed by atoms with Gasteiger partial charge in [-0.3, -0.25) is 20.8 Å². The number of nitrogens with zero attached hydrogens (tertiary/aromatic N) is 4. The molecule has 6 nitrogen and oxygen atoms in total. The summed E-state index contributed by atoms with van der Waals surface area (Å²) in [5.41, 5.74) is 6.55. The number of hydrogen-bond acceptors (Lipinski definition) is 6. The third kappa shape index (κ3) is 3.77. The second kappa shape index (κ2) is 8.28. The first-order chi connectivity index (χ1) is 15.7. The van der Waals surface area contributed by atoms with Crippen molar-refractivity contribution >= 4 is 22.6 Å². The zero-order valence-electron chi connectivity index (χ0n) is 17.0. The zero-order valence-corrected chi connectivity index (χ0v) is 17.0. The molecule has 0 bridgehead atoms. The van der Waals surface area contributed by atoms with Crippen molar-refractivity contribution in [1.82, 2.24) is 19.9 Å². The lowest BCUT2D eigenvalue weighted by atomic mass is 9.91. The topological polar surface area (TPSA) is 99.3 Å². The van der Waals surface area contributed by atoms with Gasteiger partial charge in [-0.05, 0) is 60.7 Å². The Morgan fingerprint density at radius 3 is 1.62 bits per heavy atom. The number of rotatable bonds is 4. The summed E-state index contributed by atoms with van der Waals surface area (Å²) >= 11 is 0. The Kier molecular flexibility index (Phi) is 5.01. The second-order valence-corrected chi connectivity index (χ2v) is 7.23. The lowest BCUT2D eigenvalue weighted by Gasteiger charge is -2.16. The summed E-state index contributed by atoms with van der Waals surface area (Å²) in [6.07, 6.45) is 10.5. The van der Waals surface area contributed by atoms with Crippen molar-refractivity contribution in [2.45, 2.75) is 0 Å². The number of nitrogens with one attached hydrogen (secondary N) is 2. The highest BCUT2D eigenvalue weighted by molar-refractivity contribution is 6.61. The Bertz CT molecular complexity index is 1390. The molecule has 0 saturated heterocycles. The molecule has 6 heteroatoms. The van der Waals surface area contributed by atoms with Crippen LogP contribution in [-0.2, 0) is 0 Å². The van der Waals surface area contributed by atoms with Crippen molar-refractivity contribution in [3.63, 3.8) is 0 Å². The SMILES string of the molecule is N=C1C=C(c2cccc(-c3ccncc3)n2)C=C(c2cccc(-c3ccncc3)n2)C1=N. The summed E-state index contributed by atoms with van der Waals surface area (Å²) in [5, 5.41) is 16.9. The highest BCUT2D eigenvalue weighted by atomic mass is 14.7. The minimum Gasteiger partial charge on any atom is -0.299 e. The Morgan fingerprint density at radius 1 is 0.531 bits per heavy atom. The van der Waals surface area contributed by atoms with Gasteiger partial charge in [-0.1, -0.05) is 12.1 Å². The fraction of sp³-hybridized carbons (Fsp3) is 0. The Hall–Kier alpha value is -4.58. The van der Waals surface area contributed by atoms with E-state index in [1.165, 1.54) is 0 Å². The number of pyridine rings is 4. The Morgan fingerprint density at radius 2 is 1.03 bits per heavy atom. The molecular formula is C26H18N6. The molecule has 0 fully saturated rings. The smallest absolute Gasteiger partial charge is 0.0883 e. The average molecular weight is 414 g/mol. The molecule has 2 N–H and O–H groups in total. The van der Waals surface area contributed by atoms with Crippen molar-refractivity contribution in [2.24, 2.45) is 0 Å². The van der Waals surface area contributed by atoms with E-state index >= 15 is 0 Å². The van der Waals surface area contributed by atoms with Crippen LogP contribution in [0.2, 0.25) is 0 Å². The summed E-state index contributed by atoms with van der Waals surface area (Å²) < 4.78 is 0. The van der Waals surface area contributed by atoms with Crippen LogP contribution in [-0.4, -0.2) is 31.4 Å². The molecule has 0 spiro atoms. The van der Waals surface area contributed by atoms with Crippen molar-refractivity contribution in [1.29, 1.82) is 10.8 Å². The monoisotopic (exact) mass is 414 g/mol. The van der Waals surface area contributed by atoms with Crippen LogP contribution in [0.15, 0.2) is 97.6 Å². The first kappa shape index (κ1) is 19.4. The third-order valence-corrected chi connectivity index (χ3v) is 5.16. The quantitative estimate of drug-likeness (QED) is 0.453. The predicted octanol–water partition coefficient (Wildman–Crippen LogP) is 5.12. The van der Waals surface area contributed by atoms with E-state index in [4.69, 9.17) is 20.8 Å². The van der Waals surface area contributed by atoms with E-state index in [0.29, 0.717) is 11.3 Å². The molecule has 4 heterocycles. The first-order valence-corrected chi connectivity index (χ1v) is 10.1. The van der Waals surface area contributed by atoms with Crippen LogP contribution in [0.5, 0.6) is 0 Å². The molecule has 1 aliphatic carbocycles. The van der Waals surface area contributed by atoms with Gasteiger partial charge in [0.15, 0.2) is 0 Å². The standard InChI is InChI=1S/C26H18N6/c27-21-16-19(24-5-1-3-22(31-24)17-7-11-29-12-8-17)15-20(26(21)28)25-6-2-4-23(32-25)18-9-13-30-14-10-18/h1-16,27-28H. The van der Waals surface area contributed by atoms with E-state index in [9.17, 15) is 0 Å². The molecule has 0 aromatic carbocycles. The van der Waals surface area contributed by atoms with Crippen LogP contribution < -0.4 is 0 Å². The zero-order chi connectivity index (χ0) is 21.9. The molecule has 1 aliphatic rings. The Labute approximate surface area is 185 Å². The van der Waals surface area contributed by atoms with Crippen LogP contribution in [0.3, 0.4) is 0 Å². The fourth-order valence-corrected chi connectivity index (χ4v) is 3.54. The second-order valence-electron chi connectivity index (χ2n) is 7.23. The largest absolute Gasteiger partial charge is 0.299 e. The molecule has 4 aromatic rings. The Balaban J connectivity index is 1.56. The average Bonchev–Trinajstić information content (AvgIpc) is 2.87. The number of aromatic nitrogens is 4. The van der Waals surface area contributed by atoms with Gasteiger partial charge in [0, 0.05) is 47.1 Å². The van der Waals surface area contributed by atoms with Gasteiger partial charge in [-0.15, -0.1) is 0 Å². The molecule has 4 aromatic heterocycles. The number of allylic oxidation sites excluding steroid dienone is 4. The molecule has 0 unspecified atom stereocenters. The molecular weight excluding hydrogens is 396 g/mol. The third-order valence-electron chi connectivity index (χ3n) is 5.16. The van der Waals surface area contributed by atoms with Crippen LogP contribution >= 0.6 is 0 Å². The molecule has 0 amide bonds. The van der Waals surface area contributed by atoms with Gasteiger partial charge in [0.2, 0.25) is 0 Å². The molecule has 152 valence electrons. The summed E-state index contributed by atoms with van der Waals surface area (Å²) in [7, 11) is 0. The van der Waals surface area contributed by atoms with Gasteiger partial charge in [0.1, 0.15) is 0 Å². The molecule has 0 saturated carbocycles. The van der Waals surface area contributed by atoms with E-state index in [1.54, 1.807) is 30.9 Å². The highest BCUT2D eigenvalue weighted by Crippen LogP contribution is 2.29. The molecule has 32 heavy (non-hydrogen) atoms. The first-order valence-electron chi connectivity index (χ1n) is 10.1. The van der Waals surface area contributed by atoms with Crippen molar-refractivity contribution in [3.05, 3.63) is 109 Å². The van der Waals surface area contributed by atoms with Gasteiger partial charge in [0.05, 0.1) is 34.2 Å². The van der Waals surface area contributed by atoms with Gasteiger partial charge in [-0.2, -0.15) is 0 Å². The summed E-state index contributed by atoms with van der Waals surface area (Å²) in [6.45, 7) is 0. The van der Waals surface area contributed by atoms with E-state index in [2.05, 4.69) is 9.97 Å². The van der Waals surface area contributed by atoms with Gasteiger partial charge < -0.3 is 0 Å². The lowest BCUT2D eigenvalue weighted by molar-refractivity contribution is 1.25. The van der Waals surface area contributed by atoms with Gasteiger partial charge >= 0.3 is 0 Å². The highest BCUT2D eigenvalue weighted by Gasteiger charge is 2.20. The summed E-state index contributed by atoms with van der Waals surface area (Å²) in [6, 6.07) is 19.1. The molecule has 0 radical (unpaired) electrons. The minimum atomic E-state index is 0.129. The van der Waals surface area contributed by atoms with E-state index < -0.39 is 0 Å². The van der Waals surface area contributed by atoms with Crippen LogP contribution in [0, 0.1) is 10.8 Å². The van der Waals surface area contributed by atoms with Crippen molar-refractivity contribution in [3.8, 4) is 22.5 Å². The summed E-state index contributed by atoms with van der Waals surface area (Å²) in [5.74, 6) is 0. The van der Waals surface area contributed by atoms with Gasteiger partial charge in [0.25, 0.3) is 0 Å². The lowest BCUT2D eigenvalue weighted by Crippen LogP contribution is -2.17. The van der Waals surface area contributed by atoms with E-state index in [0.717, 1.165) is 33.8 Å². The maximum absolute atomic E-state index is 8.48.